The lowest BCUT2D eigenvalue weighted by molar-refractivity contribution is -0.116. The lowest BCUT2D eigenvalue weighted by atomic mass is 10.2. The summed E-state index contributed by atoms with van der Waals surface area (Å²) in [6, 6.07) is 14.4. The summed E-state index contributed by atoms with van der Waals surface area (Å²) >= 11 is 7.12. The fourth-order valence-corrected chi connectivity index (χ4v) is 3.67. The second kappa shape index (κ2) is 10.8. The van der Waals surface area contributed by atoms with Crippen LogP contribution in [0.1, 0.15) is 11.4 Å². The van der Waals surface area contributed by atoms with Gasteiger partial charge in [-0.25, -0.2) is 0 Å². The third-order valence-corrected chi connectivity index (χ3v) is 5.52. The Morgan fingerprint density at radius 2 is 1.84 bits per heavy atom. The summed E-state index contributed by atoms with van der Waals surface area (Å²) in [5, 5.41) is 15.1. The monoisotopic (exact) mass is 455 g/mol. The first-order valence-electron chi connectivity index (χ1n) is 9.53. The van der Waals surface area contributed by atoms with E-state index in [1.54, 1.807) is 34.9 Å². The molecule has 0 aliphatic carbocycles. The van der Waals surface area contributed by atoms with Gasteiger partial charge in [0.05, 0.1) is 12.2 Å². The summed E-state index contributed by atoms with van der Waals surface area (Å²) in [4.78, 5) is 24.7. The number of benzene rings is 2. The van der Waals surface area contributed by atoms with E-state index in [1.165, 1.54) is 11.8 Å². The molecule has 0 radical (unpaired) electrons. The highest BCUT2D eigenvalue weighted by Gasteiger charge is 2.16. The quantitative estimate of drug-likeness (QED) is 0.370. The van der Waals surface area contributed by atoms with Gasteiger partial charge in [-0.1, -0.05) is 47.6 Å². The van der Waals surface area contributed by atoms with Gasteiger partial charge in [0.15, 0.2) is 5.16 Å². The smallest absolute Gasteiger partial charge is 0.234 e. The summed E-state index contributed by atoms with van der Waals surface area (Å²) in [7, 11) is 0. The molecule has 2 aromatic carbocycles. The minimum absolute atomic E-state index is 0.0411. The topological polar surface area (TPSA) is 88.9 Å². The largest absolute Gasteiger partial charge is 0.326 e. The number of carbonyl (C=O) groups excluding carboxylic acids is 2. The van der Waals surface area contributed by atoms with E-state index in [1.807, 2.05) is 31.2 Å². The first-order chi connectivity index (χ1) is 15.0. The average molecular weight is 456 g/mol. The molecule has 2 amide bonds. The number of nitrogens with zero attached hydrogens (tertiary/aromatic N) is 3. The van der Waals surface area contributed by atoms with E-state index in [4.69, 9.17) is 11.6 Å². The Labute approximate surface area is 189 Å². The van der Waals surface area contributed by atoms with Gasteiger partial charge in [0.25, 0.3) is 0 Å². The molecule has 9 heteroatoms. The van der Waals surface area contributed by atoms with Gasteiger partial charge in [0.2, 0.25) is 11.8 Å². The van der Waals surface area contributed by atoms with Crippen molar-refractivity contribution in [3.8, 4) is 0 Å². The third kappa shape index (κ3) is 6.44. The lowest BCUT2D eigenvalue weighted by Gasteiger charge is -2.09. The highest BCUT2D eigenvalue weighted by molar-refractivity contribution is 7.99. The zero-order valence-electron chi connectivity index (χ0n) is 17.0. The van der Waals surface area contributed by atoms with Crippen LogP contribution in [-0.2, 0) is 22.6 Å². The number of aryl methyl sites for hydroxylation is 1. The number of aromatic nitrogens is 3. The Kier molecular flexibility index (Phi) is 7.86. The molecule has 0 spiro atoms. The zero-order valence-corrected chi connectivity index (χ0v) is 18.5. The van der Waals surface area contributed by atoms with Crippen molar-refractivity contribution in [2.45, 2.75) is 25.0 Å². The summed E-state index contributed by atoms with van der Waals surface area (Å²) in [6.07, 6.45) is 1.74. The van der Waals surface area contributed by atoms with E-state index >= 15 is 0 Å². The molecule has 0 saturated heterocycles. The molecule has 2 N–H and O–H groups in total. The van der Waals surface area contributed by atoms with Crippen molar-refractivity contribution in [3.63, 3.8) is 0 Å². The molecule has 1 aromatic heterocycles. The lowest BCUT2D eigenvalue weighted by Crippen LogP contribution is -2.18. The predicted molar refractivity (Wildman–Crippen MR) is 125 cm³/mol. The number of hydrogen-bond donors (Lipinski definition) is 2. The fraction of sp³-hybridized carbons (Fsp3) is 0.182. The highest BCUT2D eigenvalue weighted by Crippen LogP contribution is 2.20. The first kappa shape index (κ1) is 22.6. The summed E-state index contributed by atoms with van der Waals surface area (Å²) in [5.74, 6) is 0.289. The average Bonchev–Trinajstić information content (AvgIpc) is 3.11. The van der Waals surface area contributed by atoms with Crippen molar-refractivity contribution in [2.75, 3.05) is 16.4 Å². The molecule has 3 aromatic rings. The van der Waals surface area contributed by atoms with Gasteiger partial charge in [-0.05, 0) is 42.8 Å². The molecule has 0 unspecified atom stereocenters. The Balaban J connectivity index is 1.62. The summed E-state index contributed by atoms with van der Waals surface area (Å²) in [6.45, 7) is 6.12. The Bertz CT molecular complexity index is 1080. The minimum Gasteiger partial charge on any atom is -0.326 e. The van der Waals surface area contributed by atoms with Crippen LogP contribution in [0.3, 0.4) is 0 Å². The van der Waals surface area contributed by atoms with Crippen molar-refractivity contribution in [3.05, 3.63) is 77.6 Å². The first-order valence-corrected chi connectivity index (χ1v) is 10.9. The van der Waals surface area contributed by atoms with E-state index in [9.17, 15) is 9.59 Å². The van der Waals surface area contributed by atoms with E-state index in [2.05, 4.69) is 27.4 Å². The maximum atomic E-state index is 12.4. The maximum Gasteiger partial charge on any atom is 0.234 e. The molecule has 7 nitrogen and oxygen atoms in total. The number of anilines is 2. The van der Waals surface area contributed by atoms with Crippen molar-refractivity contribution in [1.29, 1.82) is 0 Å². The van der Waals surface area contributed by atoms with E-state index in [0.717, 1.165) is 11.3 Å². The molecular formula is C22H22ClN5O2S. The van der Waals surface area contributed by atoms with Crippen molar-refractivity contribution >= 4 is 46.6 Å². The van der Waals surface area contributed by atoms with Gasteiger partial charge in [-0.2, -0.15) is 0 Å². The van der Waals surface area contributed by atoms with Crippen LogP contribution in [0.25, 0.3) is 0 Å². The van der Waals surface area contributed by atoms with Crippen LogP contribution in [0.2, 0.25) is 5.02 Å². The molecule has 160 valence electrons. The van der Waals surface area contributed by atoms with Gasteiger partial charge >= 0.3 is 0 Å². The second-order valence-corrected chi connectivity index (χ2v) is 8.06. The van der Waals surface area contributed by atoms with Crippen molar-refractivity contribution < 1.29 is 9.59 Å². The van der Waals surface area contributed by atoms with Gasteiger partial charge in [-0.15, -0.1) is 16.8 Å². The van der Waals surface area contributed by atoms with Crippen LogP contribution in [0.5, 0.6) is 0 Å². The second-order valence-electron chi connectivity index (χ2n) is 6.68. The molecule has 0 fully saturated rings. The van der Waals surface area contributed by atoms with Gasteiger partial charge < -0.3 is 15.2 Å². The number of halogens is 1. The minimum atomic E-state index is -0.228. The third-order valence-electron chi connectivity index (χ3n) is 4.30. The van der Waals surface area contributed by atoms with Gasteiger partial charge in [0, 0.05) is 22.9 Å². The molecular weight excluding hydrogens is 434 g/mol. The Morgan fingerprint density at radius 1 is 1.10 bits per heavy atom. The summed E-state index contributed by atoms with van der Waals surface area (Å²) in [5.41, 5.74) is 2.41. The van der Waals surface area contributed by atoms with Crippen LogP contribution in [0.15, 0.2) is 66.3 Å². The van der Waals surface area contributed by atoms with E-state index in [0.29, 0.717) is 28.2 Å². The molecule has 0 saturated carbocycles. The Hall–Kier alpha value is -3.10. The number of hydrogen-bond acceptors (Lipinski definition) is 5. The predicted octanol–water partition coefficient (Wildman–Crippen LogP) is 4.34. The van der Waals surface area contributed by atoms with E-state index in [-0.39, 0.29) is 24.0 Å². The number of thioether (sulfide) groups is 1. The standard InChI is InChI=1S/C22H22ClN5O2S/c1-3-12-28-19(13-20(29)24-17-10-8-16(23)9-11-17)26-27-22(28)31-14-21(30)25-18-7-5-4-6-15(18)2/h3-11H,1,12-14H2,2H3,(H,24,29)(H,25,30). The SMILES string of the molecule is C=CCn1c(CC(=O)Nc2ccc(Cl)cc2)nnc1SCC(=O)Nc1ccccc1C. The number of nitrogens with one attached hydrogen (secondary N) is 2. The van der Waals surface area contributed by atoms with Crippen molar-refractivity contribution in [2.24, 2.45) is 0 Å². The van der Waals surface area contributed by atoms with Gasteiger partial charge in [-0.3, -0.25) is 9.59 Å². The van der Waals surface area contributed by atoms with Crippen molar-refractivity contribution in [1.82, 2.24) is 14.8 Å². The van der Waals surface area contributed by atoms with Crippen LogP contribution < -0.4 is 10.6 Å². The number of rotatable bonds is 9. The molecule has 1 heterocycles. The molecule has 0 aliphatic heterocycles. The number of amides is 2. The number of para-hydroxylation sites is 1. The molecule has 3 rings (SSSR count). The van der Waals surface area contributed by atoms with E-state index < -0.39 is 0 Å². The maximum absolute atomic E-state index is 12.4. The Morgan fingerprint density at radius 3 is 2.55 bits per heavy atom. The molecule has 31 heavy (non-hydrogen) atoms. The molecule has 0 aliphatic rings. The molecule has 0 atom stereocenters. The fourth-order valence-electron chi connectivity index (χ4n) is 2.78. The molecule has 0 bridgehead atoms. The van der Waals surface area contributed by atoms with Gasteiger partial charge in [0.1, 0.15) is 5.82 Å². The van der Waals surface area contributed by atoms with Crippen LogP contribution in [0, 0.1) is 6.92 Å². The zero-order chi connectivity index (χ0) is 22.2. The van der Waals surface area contributed by atoms with Crippen LogP contribution >= 0.6 is 23.4 Å². The number of carbonyl (C=O) groups is 2. The summed E-state index contributed by atoms with van der Waals surface area (Å²) < 4.78 is 1.78. The van der Waals surface area contributed by atoms with Crippen LogP contribution in [-0.4, -0.2) is 32.3 Å². The normalized spacial score (nSPS) is 10.5. The highest BCUT2D eigenvalue weighted by atomic mass is 35.5. The van der Waals surface area contributed by atoms with Crippen LogP contribution in [0.4, 0.5) is 11.4 Å². The number of allylic oxidation sites excluding steroid dienone is 1.